The summed E-state index contributed by atoms with van der Waals surface area (Å²) in [7, 11) is 1.37. The third-order valence-electron chi connectivity index (χ3n) is 2.79. The van der Waals surface area contributed by atoms with Crippen molar-refractivity contribution in [3.05, 3.63) is 53.2 Å². The molecule has 0 saturated heterocycles. The highest BCUT2D eigenvalue weighted by molar-refractivity contribution is 5.89. The lowest BCUT2D eigenvalue weighted by molar-refractivity contribution is 0.0600. The average molecular weight is 241 g/mol. The third-order valence-corrected chi connectivity index (χ3v) is 2.79. The summed E-state index contributed by atoms with van der Waals surface area (Å²) in [5.74, 6) is -0.360. The van der Waals surface area contributed by atoms with Crippen LogP contribution in [0.15, 0.2) is 36.5 Å². The maximum absolute atomic E-state index is 11.4. The first-order valence-electron chi connectivity index (χ1n) is 5.74. The quantitative estimate of drug-likeness (QED) is 0.758. The highest BCUT2D eigenvalue weighted by Crippen LogP contribution is 2.22. The zero-order valence-corrected chi connectivity index (χ0v) is 10.7. The molecule has 0 fully saturated rings. The van der Waals surface area contributed by atoms with Gasteiger partial charge in [-0.2, -0.15) is 0 Å². The maximum atomic E-state index is 11.4. The first-order chi connectivity index (χ1) is 8.61. The van der Waals surface area contributed by atoms with E-state index in [0.29, 0.717) is 5.56 Å². The lowest BCUT2D eigenvalue weighted by Gasteiger charge is -2.07. The molecule has 1 aromatic heterocycles. The van der Waals surface area contributed by atoms with Gasteiger partial charge < -0.3 is 4.74 Å². The molecule has 0 unspecified atom stereocenters. The highest BCUT2D eigenvalue weighted by Gasteiger charge is 2.10. The third kappa shape index (κ3) is 2.40. The minimum Gasteiger partial charge on any atom is -0.465 e. The van der Waals surface area contributed by atoms with Gasteiger partial charge in [-0.15, -0.1) is 0 Å². The van der Waals surface area contributed by atoms with Gasteiger partial charge in [-0.1, -0.05) is 23.8 Å². The Morgan fingerprint density at radius 3 is 2.61 bits per heavy atom. The van der Waals surface area contributed by atoms with E-state index in [0.717, 1.165) is 16.8 Å². The van der Waals surface area contributed by atoms with Gasteiger partial charge in [0.2, 0.25) is 0 Å². The molecule has 3 heteroatoms. The van der Waals surface area contributed by atoms with Gasteiger partial charge in [0.15, 0.2) is 0 Å². The van der Waals surface area contributed by atoms with E-state index in [2.05, 4.69) is 15.8 Å². The number of aryl methyl sites for hydroxylation is 2. The minimum absolute atomic E-state index is 0.360. The number of carbonyl (C=O) groups excluding carboxylic acids is 1. The van der Waals surface area contributed by atoms with Gasteiger partial charge in [-0.05, 0) is 31.5 Å². The Hall–Kier alpha value is -2.16. The largest absolute Gasteiger partial charge is 0.465 e. The molecule has 0 atom stereocenters. The molecule has 0 aliphatic heterocycles. The summed E-state index contributed by atoms with van der Waals surface area (Å²) in [5, 5.41) is 0. The molecule has 2 rings (SSSR count). The van der Waals surface area contributed by atoms with Crippen molar-refractivity contribution in [1.82, 2.24) is 4.98 Å². The smallest absolute Gasteiger partial charge is 0.339 e. The molecule has 18 heavy (non-hydrogen) atoms. The Balaban J connectivity index is 2.45. The number of rotatable bonds is 2. The summed E-state index contributed by atoms with van der Waals surface area (Å²) in [6.07, 6.45) is 1.55. The molecule has 1 heterocycles. The van der Waals surface area contributed by atoms with Crippen molar-refractivity contribution in [3.8, 4) is 11.3 Å². The zero-order chi connectivity index (χ0) is 13.1. The summed E-state index contributed by atoms with van der Waals surface area (Å²) in [6, 6.07) is 9.94. The van der Waals surface area contributed by atoms with Crippen molar-refractivity contribution < 1.29 is 9.53 Å². The Morgan fingerprint density at radius 1 is 1.22 bits per heavy atom. The number of hydrogen-bond donors (Lipinski definition) is 0. The summed E-state index contributed by atoms with van der Waals surface area (Å²) in [4.78, 5) is 15.8. The van der Waals surface area contributed by atoms with E-state index >= 15 is 0 Å². The van der Waals surface area contributed by atoms with Gasteiger partial charge in [0, 0.05) is 11.8 Å². The van der Waals surface area contributed by atoms with Gasteiger partial charge in [0.25, 0.3) is 0 Å². The second-order valence-corrected chi connectivity index (χ2v) is 4.25. The van der Waals surface area contributed by atoms with E-state index in [1.165, 1.54) is 12.7 Å². The van der Waals surface area contributed by atoms with Crippen LogP contribution in [0.1, 0.15) is 21.5 Å². The molecule has 0 bridgehead atoms. The Bertz CT molecular complexity index is 591. The van der Waals surface area contributed by atoms with Crippen LogP contribution in [0.2, 0.25) is 0 Å². The minimum atomic E-state index is -0.360. The Kier molecular flexibility index (Phi) is 3.42. The van der Waals surface area contributed by atoms with Gasteiger partial charge >= 0.3 is 5.97 Å². The highest BCUT2D eigenvalue weighted by atomic mass is 16.5. The molecule has 0 aliphatic rings. The second kappa shape index (κ2) is 5.00. The summed E-state index contributed by atoms with van der Waals surface area (Å²) < 4.78 is 4.68. The van der Waals surface area contributed by atoms with Crippen LogP contribution >= 0.6 is 0 Å². The summed E-state index contributed by atoms with van der Waals surface area (Å²) in [6.45, 7) is 3.98. The van der Waals surface area contributed by atoms with E-state index in [4.69, 9.17) is 0 Å². The molecule has 0 aliphatic carbocycles. The number of nitrogens with zero attached hydrogens (tertiary/aromatic N) is 1. The number of aromatic nitrogens is 1. The topological polar surface area (TPSA) is 39.2 Å². The van der Waals surface area contributed by atoms with Crippen LogP contribution in [0, 0.1) is 13.8 Å². The van der Waals surface area contributed by atoms with Crippen LogP contribution in [-0.4, -0.2) is 18.1 Å². The predicted molar refractivity (Wildman–Crippen MR) is 70.5 cm³/mol. The van der Waals surface area contributed by atoms with Crippen molar-refractivity contribution in [1.29, 1.82) is 0 Å². The first-order valence-corrected chi connectivity index (χ1v) is 5.74. The molecule has 92 valence electrons. The molecule has 0 N–H and O–H groups in total. The number of methoxy groups -OCH3 is 1. The van der Waals surface area contributed by atoms with E-state index in [9.17, 15) is 4.79 Å². The number of esters is 1. The van der Waals surface area contributed by atoms with Gasteiger partial charge in [0.05, 0.1) is 18.4 Å². The van der Waals surface area contributed by atoms with Crippen LogP contribution in [0.3, 0.4) is 0 Å². The molecule has 0 saturated carbocycles. The molecule has 0 amide bonds. The van der Waals surface area contributed by atoms with Gasteiger partial charge in [0.1, 0.15) is 0 Å². The number of hydrogen-bond acceptors (Lipinski definition) is 3. The van der Waals surface area contributed by atoms with Crippen molar-refractivity contribution in [2.24, 2.45) is 0 Å². The second-order valence-electron chi connectivity index (χ2n) is 4.25. The van der Waals surface area contributed by atoms with E-state index < -0.39 is 0 Å². The van der Waals surface area contributed by atoms with Gasteiger partial charge in [-0.25, -0.2) is 4.79 Å². The van der Waals surface area contributed by atoms with Crippen LogP contribution in [-0.2, 0) is 4.74 Å². The molecule has 2 aromatic rings. The van der Waals surface area contributed by atoms with E-state index in [1.807, 2.05) is 32.0 Å². The summed E-state index contributed by atoms with van der Waals surface area (Å²) >= 11 is 0. The maximum Gasteiger partial charge on any atom is 0.339 e. The number of ether oxygens (including phenoxy) is 1. The fraction of sp³-hybridized carbons (Fsp3) is 0.200. The molecule has 1 aromatic carbocycles. The van der Waals surface area contributed by atoms with Crippen molar-refractivity contribution >= 4 is 5.97 Å². The molecular weight excluding hydrogens is 226 g/mol. The first kappa shape index (κ1) is 12.3. The molecule has 0 radical (unpaired) electrons. The molecular formula is C15H15NO2. The SMILES string of the molecule is COC(=O)c1cnc(-c2cccc(C)c2)c(C)c1. The van der Waals surface area contributed by atoms with Crippen molar-refractivity contribution in [2.75, 3.05) is 7.11 Å². The van der Waals surface area contributed by atoms with Crippen LogP contribution in [0.25, 0.3) is 11.3 Å². The lowest BCUT2D eigenvalue weighted by Crippen LogP contribution is -2.03. The van der Waals surface area contributed by atoms with Crippen molar-refractivity contribution in [2.45, 2.75) is 13.8 Å². The number of benzene rings is 1. The van der Waals surface area contributed by atoms with Crippen LogP contribution in [0.4, 0.5) is 0 Å². The average Bonchev–Trinajstić information content (AvgIpc) is 2.37. The number of pyridine rings is 1. The standard InChI is InChI=1S/C15H15NO2/c1-10-5-4-6-12(7-10)14-11(2)8-13(9-16-14)15(17)18-3/h4-9H,1-3H3. The Labute approximate surface area is 106 Å². The van der Waals surface area contributed by atoms with Crippen LogP contribution in [0.5, 0.6) is 0 Å². The summed E-state index contributed by atoms with van der Waals surface area (Å²) in [5.41, 5.74) is 4.58. The fourth-order valence-electron chi connectivity index (χ4n) is 1.90. The van der Waals surface area contributed by atoms with Crippen molar-refractivity contribution in [3.63, 3.8) is 0 Å². The molecule has 0 spiro atoms. The molecule has 3 nitrogen and oxygen atoms in total. The lowest BCUT2D eigenvalue weighted by atomic mass is 10.0. The van der Waals surface area contributed by atoms with E-state index in [-0.39, 0.29) is 5.97 Å². The zero-order valence-electron chi connectivity index (χ0n) is 10.7. The normalized spacial score (nSPS) is 10.2. The predicted octanol–water partition coefficient (Wildman–Crippen LogP) is 3.15. The Morgan fingerprint density at radius 2 is 2.00 bits per heavy atom. The fourth-order valence-corrected chi connectivity index (χ4v) is 1.90. The van der Waals surface area contributed by atoms with E-state index in [1.54, 1.807) is 12.3 Å². The number of carbonyl (C=O) groups is 1. The van der Waals surface area contributed by atoms with Crippen LogP contribution < -0.4 is 0 Å². The monoisotopic (exact) mass is 241 g/mol. The van der Waals surface area contributed by atoms with Gasteiger partial charge in [-0.3, -0.25) is 4.98 Å².